The van der Waals surface area contributed by atoms with Crippen molar-refractivity contribution in [2.75, 3.05) is 38.4 Å². The van der Waals surface area contributed by atoms with Gasteiger partial charge >= 0.3 is 0 Å². The average molecular weight is 274 g/mol. The summed E-state index contributed by atoms with van der Waals surface area (Å²) in [5, 5.41) is 0.660. The van der Waals surface area contributed by atoms with Crippen molar-refractivity contribution in [3.8, 4) is 0 Å². The first kappa shape index (κ1) is 13.4. The second kappa shape index (κ2) is 6.75. The molecule has 0 aliphatic carbocycles. The molecule has 0 aliphatic heterocycles. The summed E-state index contributed by atoms with van der Waals surface area (Å²) in [5.41, 5.74) is 0. The molecule has 0 aliphatic rings. The highest BCUT2D eigenvalue weighted by atomic mass is 79.9. The molecule has 0 amide bonds. The first-order valence-corrected chi connectivity index (χ1v) is 6.76. The molecule has 0 rings (SSSR count). The lowest BCUT2D eigenvalue weighted by molar-refractivity contribution is 0.199. The van der Waals surface area contributed by atoms with Crippen molar-refractivity contribution in [2.24, 2.45) is 0 Å². The van der Waals surface area contributed by atoms with Gasteiger partial charge in [-0.05, 0) is 6.42 Å². The van der Waals surface area contributed by atoms with Crippen LogP contribution in [0.5, 0.6) is 0 Å². The van der Waals surface area contributed by atoms with Crippen molar-refractivity contribution in [3.63, 3.8) is 0 Å². The Morgan fingerprint density at radius 1 is 1.46 bits per heavy atom. The Morgan fingerprint density at radius 2 is 2.08 bits per heavy atom. The molecule has 13 heavy (non-hydrogen) atoms. The van der Waals surface area contributed by atoms with Gasteiger partial charge in [0.25, 0.3) is 0 Å². The zero-order chi connectivity index (χ0) is 10.3. The van der Waals surface area contributed by atoms with Crippen molar-refractivity contribution in [1.82, 2.24) is 4.31 Å². The molecule has 0 bridgehead atoms. The lowest BCUT2D eigenvalue weighted by Gasteiger charge is -2.15. The van der Waals surface area contributed by atoms with Crippen LogP contribution in [0.1, 0.15) is 6.42 Å². The van der Waals surface area contributed by atoms with Crippen molar-refractivity contribution >= 4 is 26.0 Å². The van der Waals surface area contributed by atoms with Gasteiger partial charge in [0.15, 0.2) is 0 Å². The maximum atomic E-state index is 11.4. The highest BCUT2D eigenvalue weighted by Crippen LogP contribution is 2.01. The van der Waals surface area contributed by atoms with Gasteiger partial charge in [-0.15, -0.1) is 0 Å². The molecule has 0 saturated heterocycles. The minimum Gasteiger partial charge on any atom is -0.385 e. The summed E-state index contributed by atoms with van der Waals surface area (Å²) in [6.07, 6.45) is 0.547. The predicted octanol–water partition coefficient (Wildman–Crippen LogP) is 0.679. The summed E-state index contributed by atoms with van der Waals surface area (Å²) >= 11 is 3.19. The summed E-state index contributed by atoms with van der Waals surface area (Å²) in [6.45, 7) is 0.997. The van der Waals surface area contributed by atoms with Gasteiger partial charge in [-0.1, -0.05) is 15.9 Å². The molecule has 0 aromatic carbocycles. The Hall–Kier alpha value is 0.350. The molecule has 0 N–H and O–H groups in total. The van der Waals surface area contributed by atoms with Crippen LogP contribution in [0.15, 0.2) is 0 Å². The molecule has 0 unspecified atom stereocenters. The van der Waals surface area contributed by atoms with Crippen molar-refractivity contribution in [3.05, 3.63) is 0 Å². The Morgan fingerprint density at radius 3 is 2.54 bits per heavy atom. The van der Waals surface area contributed by atoms with Gasteiger partial charge in [-0.25, -0.2) is 12.7 Å². The highest BCUT2D eigenvalue weighted by Gasteiger charge is 2.15. The molecule has 0 saturated carbocycles. The van der Waals surface area contributed by atoms with Crippen molar-refractivity contribution < 1.29 is 13.2 Å². The Labute approximate surface area is 88.4 Å². The van der Waals surface area contributed by atoms with Crippen LogP contribution in [-0.4, -0.2) is 51.1 Å². The van der Waals surface area contributed by atoms with Crippen LogP contribution in [0, 0.1) is 0 Å². The van der Waals surface area contributed by atoms with Crippen molar-refractivity contribution in [2.45, 2.75) is 6.42 Å². The number of nitrogens with zero attached hydrogens (tertiary/aromatic N) is 1. The minimum atomic E-state index is -3.07. The van der Waals surface area contributed by atoms with Gasteiger partial charge in [-0.2, -0.15) is 0 Å². The monoisotopic (exact) mass is 273 g/mol. The van der Waals surface area contributed by atoms with Gasteiger partial charge < -0.3 is 4.74 Å². The van der Waals surface area contributed by atoms with Crippen LogP contribution in [-0.2, 0) is 14.8 Å². The zero-order valence-corrected chi connectivity index (χ0v) is 10.4. The number of rotatable bonds is 7. The second-order valence-corrected chi connectivity index (χ2v) is 5.66. The smallest absolute Gasteiger partial charge is 0.213 e. The van der Waals surface area contributed by atoms with E-state index in [0.717, 1.165) is 0 Å². The lowest BCUT2D eigenvalue weighted by Crippen LogP contribution is -2.31. The maximum absolute atomic E-state index is 11.4. The van der Waals surface area contributed by atoms with E-state index in [4.69, 9.17) is 4.74 Å². The zero-order valence-electron chi connectivity index (χ0n) is 7.99. The topological polar surface area (TPSA) is 46.6 Å². The molecule has 0 fully saturated rings. The molecule has 0 radical (unpaired) electrons. The van der Waals surface area contributed by atoms with E-state index in [2.05, 4.69) is 15.9 Å². The van der Waals surface area contributed by atoms with Crippen LogP contribution >= 0.6 is 15.9 Å². The van der Waals surface area contributed by atoms with Crippen LogP contribution < -0.4 is 0 Å². The highest BCUT2D eigenvalue weighted by molar-refractivity contribution is 9.09. The molecular formula is C7H16BrNO3S. The second-order valence-electron chi connectivity index (χ2n) is 2.67. The number of ether oxygens (including phenoxy) is 1. The van der Waals surface area contributed by atoms with Gasteiger partial charge in [0, 0.05) is 32.6 Å². The summed E-state index contributed by atoms with van der Waals surface area (Å²) in [7, 11) is 0.0797. The molecule has 0 atom stereocenters. The number of hydrogen-bond acceptors (Lipinski definition) is 3. The molecule has 0 aromatic heterocycles. The normalized spacial score (nSPS) is 12.3. The number of alkyl halides is 1. The predicted molar refractivity (Wildman–Crippen MR) is 56.7 cm³/mol. The SMILES string of the molecule is COCCCS(=O)(=O)N(C)CCBr. The summed E-state index contributed by atoms with van der Waals surface area (Å²) < 4.78 is 29.0. The summed E-state index contributed by atoms with van der Waals surface area (Å²) in [6, 6.07) is 0. The Balaban J connectivity index is 3.92. The van der Waals surface area contributed by atoms with E-state index in [0.29, 0.717) is 24.9 Å². The summed E-state index contributed by atoms with van der Waals surface area (Å²) in [5.74, 6) is 0.157. The van der Waals surface area contributed by atoms with E-state index in [1.54, 1.807) is 14.2 Å². The molecule has 0 aromatic rings. The first-order valence-electron chi connectivity index (χ1n) is 4.03. The third-order valence-corrected chi connectivity index (χ3v) is 3.92. The Kier molecular flexibility index (Phi) is 6.93. The van der Waals surface area contributed by atoms with E-state index in [-0.39, 0.29) is 5.75 Å². The Bertz CT molecular complexity index is 218. The van der Waals surface area contributed by atoms with Crippen LogP contribution in [0.2, 0.25) is 0 Å². The third-order valence-electron chi connectivity index (χ3n) is 1.63. The van der Waals surface area contributed by atoms with Crippen LogP contribution in [0.25, 0.3) is 0 Å². The van der Waals surface area contributed by atoms with Gasteiger partial charge in [0.1, 0.15) is 0 Å². The number of halogens is 1. The van der Waals surface area contributed by atoms with Crippen LogP contribution in [0.3, 0.4) is 0 Å². The number of methoxy groups -OCH3 is 1. The number of sulfonamides is 1. The van der Waals surface area contributed by atoms with Crippen molar-refractivity contribution in [1.29, 1.82) is 0 Å². The average Bonchev–Trinajstić information content (AvgIpc) is 2.05. The number of hydrogen-bond donors (Lipinski definition) is 0. The fourth-order valence-corrected chi connectivity index (χ4v) is 2.73. The molecular weight excluding hydrogens is 258 g/mol. The fraction of sp³-hybridized carbons (Fsp3) is 1.00. The van der Waals surface area contributed by atoms with Gasteiger partial charge in [0.2, 0.25) is 10.0 Å². The molecule has 0 spiro atoms. The van der Waals surface area contributed by atoms with E-state index >= 15 is 0 Å². The molecule has 0 heterocycles. The van der Waals surface area contributed by atoms with Crippen LogP contribution in [0.4, 0.5) is 0 Å². The largest absolute Gasteiger partial charge is 0.385 e. The lowest BCUT2D eigenvalue weighted by atomic mass is 10.5. The molecule has 80 valence electrons. The molecule has 4 nitrogen and oxygen atoms in total. The first-order chi connectivity index (χ1) is 6.04. The quantitative estimate of drug-likeness (QED) is 0.506. The van der Waals surface area contributed by atoms with Gasteiger partial charge in [-0.3, -0.25) is 0 Å². The van der Waals surface area contributed by atoms with Gasteiger partial charge in [0.05, 0.1) is 5.75 Å². The van der Waals surface area contributed by atoms with E-state index < -0.39 is 10.0 Å². The van der Waals surface area contributed by atoms with E-state index in [1.165, 1.54) is 4.31 Å². The maximum Gasteiger partial charge on any atom is 0.213 e. The van der Waals surface area contributed by atoms with E-state index in [1.807, 2.05) is 0 Å². The van der Waals surface area contributed by atoms with E-state index in [9.17, 15) is 8.42 Å². The summed E-state index contributed by atoms with van der Waals surface area (Å²) in [4.78, 5) is 0. The fourth-order valence-electron chi connectivity index (χ4n) is 0.800. The third kappa shape index (κ3) is 5.61. The minimum absolute atomic E-state index is 0.157. The standard InChI is InChI=1S/C7H16BrNO3S/c1-9(5-4-8)13(10,11)7-3-6-12-2/h3-7H2,1-2H3. The molecule has 6 heteroatoms.